The van der Waals surface area contributed by atoms with E-state index in [-0.39, 0.29) is 6.61 Å². The van der Waals surface area contributed by atoms with Crippen molar-refractivity contribution in [2.75, 3.05) is 34.3 Å². The van der Waals surface area contributed by atoms with Crippen LogP contribution in [0.4, 0.5) is 0 Å². The Bertz CT molecular complexity index is 164. The van der Waals surface area contributed by atoms with Gasteiger partial charge in [0.1, 0.15) is 6.54 Å². The quantitative estimate of drug-likeness (QED) is 0.685. The highest BCUT2D eigenvalue weighted by Gasteiger charge is 2.02. The van der Waals surface area contributed by atoms with Crippen molar-refractivity contribution in [3.8, 4) is 0 Å². The molecule has 0 spiro atoms. The Morgan fingerprint density at radius 2 is 1.15 bits per heavy atom. The minimum Gasteiger partial charge on any atom is -0.391 e. The van der Waals surface area contributed by atoms with E-state index in [4.69, 9.17) is 5.11 Å². The molecule has 1 N–H and O–H groups in total. The molecule has 0 atom stereocenters. The van der Waals surface area contributed by atoms with Crippen LogP contribution in [0.5, 0.6) is 0 Å². The summed E-state index contributed by atoms with van der Waals surface area (Å²) in [6.45, 7) is 1.11. The maximum absolute atomic E-state index is 8.39. The number of hydrogen-bond donors (Lipinski definition) is 1. The van der Waals surface area contributed by atoms with Crippen LogP contribution in [0.25, 0.3) is 0 Å². The lowest BCUT2D eigenvalue weighted by atomic mass is 10.4. The van der Waals surface area contributed by atoms with E-state index < -0.39 is 0 Å². The average Bonchev–Trinajstić information content (AvgIpc) is 2.06. The van der Waals surface area contributed by atoms with Crippen molar-refractivity contribution in [3.63, 3.8) is 0 Å². The molecule has 0 heterocycles. The molecule has 0 amide bonds. The van der Waals surface area contributed by atoms with Gasteiger partial charge in [0.05, 0.1) is 27.7 Å². The first-order valence-corrected chi connectivity index (χ1v) is 4.47. The van der Waals surface area contributed by atoms with Crippen LogP contribution in [-0.4, -0.2) is 43.9 Å². The van der Waals surface area contributed by atoms with Gasteiger partial charge in [0.25, 0.3) is 0 Å². The van der Waals surface area contributed by atoms with Gasteiger partial charge in [-0.3, -0.25) is 0 Å². The zero-order valence-corrected chi connectivity index (χ0v) is 8.77. The normalized spacial score (nSPS) is 10.2. The van der Waals surface area contributed by atoms with Crippen LogP contribution in [0.2, 0.25) is 0 Å². The van der Waals surface area contributed by atoms with Crippen LogP contribution in [0, 0.1) is 0 Å². The first-order valence-electron chi connectivity index (χ1n) is 4.47. The van der Waals surface area contributed by atoms with Gasteiger partial charge < -0.3 is 9.59 Å². The molecule has 1 aromatic rings. The molecule has 0 aliphatic carbocycles. The predicted molar refractivity (Wildman–Crippen MR) is 56.4 cm³/mol. The summed E-state index contributed by atoms with van der Waals surface area (Å²) in [4.78, 5) is 0. The van der Waals surface area contributed by atoms with Crippen molar-refractivity contribution in [2.24, 2.45) is 0 Å². The highest BCUT2D eigenvalue weighted by Crippen LogP contribution is 1.84. The molecule has 2 heteroatoms. The molecule has 13 heavy (non-hydrogen) atoms. The van der Waals surface area contributed by atoms with Crippen LogP contribution in [0.3, 0.4) is 0 Å². The molecule has 74 valence electrons. The summed E-state index contributed by atoms with van der Waals surface area (Å²) in [6.07, 6.45) is 0. The number of quaternary nitrogens is 1. The second-order valence-corrected chi connectivity index (χ2v) is 3.89. The standard InChI is InChI=1S/C6H6.C5H14NO/c1-2-4-6-5-3-1;1-6(2,3)4-5-7/h1-6H;7H,4-5H2,1-3H3/q;+1. The summed E-state index contributed by atoms with van der Waals surface area (Å²) in [5, 5.41) is 8.39. The predicted octanol–water partition coefficient (Wildman–Crippen LogP) is 1.37. The third-order valence-electron chi connectivity index (χ3n) is 1.44. The van der Waals surface area contributed by atoms with Gasteiger partial charge in [-0.25, -0.2) is 0 Å². The summed E-state index contributed by atoms with van der Waals surface area (Å²) >= 11 is 0. The van der Waals surface area contributed by atoms with Crippen LogP contribution in [-0.2, 0) is 0 Å². The fraction of sp³-hybridized carbons (Fsp3) is 0.455. The van der Waals surface area contributed by atoms with E-state index in [2.05, 4.69) is 21.1 Å². The number of aliphatic hydroxyl groups is 1. The Kier molecular flexibility index (Phi) is 6.20. The summed E-state index contributed by atoms with van der Waals surface area (Å²) in [5.74, 6) is 0. The SMILES string of the molecule is C[N+](C)(C)CCO.c1ccccc1. The van der Waals surface area contributed by atoms with Gasteiger partial charge in [-0.15, -0.1) is 0 Å². The van der Waals surface area contributed by atoms with Crippen molar-refractivity contribution in [3.05, 3.63) is 36.4 Å². The van der Waals surface area contributed by atoms with Crippen LogP contribution >= 0.6 is 0 Å². The van der Waals surface area contributed by atoms with Gasteiger partial charge in [-0.1, -0.05) is 36.4 Å². The number of nitrogens with zero attached hydrogens (tertiary/aromatic N) is 1. The molecule has 1 rings (SSSR count). The lowest BCUT2D eigenvalue weighted by Crippen LogP contribution is -2.36. The van der Waals surface area contributed by atoms with Crippen molar-refractivity contribution in [1.82, 2.24) is 0 Å². The maximum atomic E-state index is 8.39. The second-order valence-electron chi connectivity index (χ2n) is 3.89. The highest BCUT2D eigenvalue weighted by molar-refractivity contribution is 4.99. The molecule has 0 aliphatic rings. The molecule has 0 radical (unpaired) electrons. The lowest BCUT2D eigenvalue weighted by Gasteiger charge is -2.21. The highest BCUT2D eigenvalue weighted by atomic mass is 16.3. The molecule has 0 saturated heterocycles. The van der Waals surface area contributed by atoms with Gasteiger partial charge in [0.15, 0.2) is 0 Å². The van der Waals surface area contributed by atoms with Gasteiger partial charge in [0.2, 0.25) is 0 Å². The molecule has 0 unspecified atom stereocenters. The van der Waals surface area contributed by atoms with E-state index in [0.717, 1.165) is 11.0 Å². The van der Waals surface area contributed by atoms with Gasteiger partial charge in [-0.05, 0) is 0 Å². The third-order valence-corrected chi connectivity index (χ3v) is 1.44. The fourth-order valence-corrected chi connectivity index (χ4v) is 0.685. The Hall–Kier alpha value is -0.860. The number of aliphatic hydroxyl groups excluding tert-OH is 1. The van der Waals surface area contributed by atoms with E-state index in [1.54, 1.807) is 0 Å². The van der Waals surface area contributed by atoms with E-state index in [1.807, 2.05) is 36.4 Å². The third kappa shape index (κ3) is 11.1. The molecular formula is C11H20NO+. The van der Waals surface area contributed by atoms with Crippen molar-refractivity contribution < 1.29 is 9.59 Å². The van der Waals surface area contributed by atoms with E-state index >= 15 is 0 Å². The fourth-order valence-electron chi connectivity index (χ4n) is 0.685. The summed E-state index contributed by atoms with van der Waals surface area (Å²) < 4.78 is 0.844. The van der Waals surface area contributed by atoms with Gasteiger partial charge in [-0.2, -0.15) is 0 Å². The summed E-state index contributed by atoms with van der Waals surface area (Å²) in [7, 11) is 6.16. The largest absolute Gasteiger partial charge is 0.391 e. The zero-order chi connectivity index (χ0) is 10.2. The van der Waals surface area contributed by atoms with Crippen LogP contribution < -0.4 is 0 Å². The van der Waals surface area contributed by atoms with Crippen molar-refractivity contribution >= 4 is 0 Å². The van der Waals surface area contributed by atoms with E-state index in [9.17, 15) is 0 Å². The monoisotopic (exact) mass is 182 g/mol. The molecular weight excluding hydrogens is 162 g/mol. The topological polar surface area (TPSA) is 20.2 Å². The van der Waals surface area contributed by atoms with Gasteiger partial charge >= 0.3 is 0 Å². The average molecular weight is 182 g/mol. The number of benzene rings is 1. The molecule has 0 bridgehead atoms. The van der Waals surface area contributed by atoms with E-state index in [1.165, 1.54) is 0 Å². The minimum absolute atomic E-state index is 0.281. The Morgan fingerprint density at radius 1 is 0.846 bits per heavy atom. The molecule has 0 fully saturated rings. The number of likely N-dealkylation sites (N-methyl/N-ethyl adjacent to an activating group) is 1. The second kappa shape index (κ2) is 6.63. The van der Waals surface area contributed by atoms with Gasteiger partial charge in [0, 0.05) is 0 Å². The Morgan fingerprint density at radius 3 is 1.23 bits per heavy atom. The first kappa shape index (κ1) is 12.1. The van der Waals surface area contributed by atoms with Crippen molar-refractivity contribution in [2.45, 2.75) is 0 Å². The van der Waals surface area contributed by atoms with E-state index in [0.29, 0.717) is 0 Å². The Labute approximate surface area is 81.0 Å². The smallest absolute Gasteiger partial charge is 0.101 e. The van der Waals surface area contributed by atoms with Crippen LogP contribution in [0.15, 0.2) is 36.4 Å². The summed E-state index contributed by atoms with van der Waals surface area (Å²) in [6, 6.07) is 12.0. The maximum Gasteiger partial charge on any atom is 0.101 e. The molecule has 2 nitrogen and oxygen atoms in total. The molecule has 0 saturated carbocycles. The zero-order valence-electron chi connectivity index (χ0n) is 8.77. The molecule has 1 aromatic carbocycles. The first-order chi connectivity index (χ1) is 6.06. The molecule has 0 aromatic heterocycles. The van der Waals surface area contributed by atoms with Crippen molar-refractivity contribution in [1.29, 1.82) is 0 Å². The minimum atomic E-state index is 0.281. The summed E-state index contributed by atoms with van der Waals surface area (Å²) in [5.41, 5.74) is 0. The van der Waals surface area contributed by atoms with Crippen LogP contribution in [0.1, 0.15) is 0 Å². The number of hydrogen-bond acceptors (Lipinski definition) is 1. The molecule has 0 aliphatic heterocycles. The lowest BCUT2D eigenvalue weighted by molar-refractivity contribution is -0.870. The number of rotatable bonds is 2. The Balaban J connectivity index is 0.000000223.